The van der Waals surface area contributed by atoms with Gasteiger partial charge in [0.25, 0.3) is 5.91 Å². The maximum atomic E-state index is 12.8. The largest absolute Gasteiger partial charge is 0.360 e. The van der Waals surface area contributed by atoms with Gasteiger partial charge in [0.15, 0.2) is 0 Å². The highest BCUT2D eigenvalue weighted by atomic mass is 35.5. The van der Waals surface area contributed by atoms with Gasteiger partial charge in [-0.1, -0.05) is 59.2 Å². The summed E-state index contributed by atoms with van der Waals surface area (Å²) in [5.41, 5.74) is 3.92. The second-order valence-electron chi connectivity index (χ2n) is 7.42. The quantitative estimate of drug-likeness (QED) is 0.633. The van der Waals surface area contributed by atoms with Crippen molar-refractivity contribution in [3.8, 4) is 11.3 Å². The number of nitrogens with one attached hydrogen (secondary N) is 1. The van der Waals surface area contributed by atoms with Gasteiger partial charge in [0.1, 0.15) is 17.0 Å². The van der Waals surface area contributed by atoms with Crippen molar-refractivity contribution in [1.82, 2.24) is 15.4 Å². The van der Waals surface area contributed by atoms with E-state index in [-0.39, 0.29) is 5.91 Å². The van der Waals surface area contributed by atoms with Gasteiger partial charge < -0.3 is 9.84 Å². The van der Waals surface area contributed by atoms with Crippen LogP contribution in [0.25, 0.3) is 11.3 Å². The van der Waals surface area contributed by atoms with Crippen molar-refractivity contribution >= 4 is 17.5 Å². The third kappa shape index (κ3) is 4.52. The zero-order chi connectivity index (χ0) is 20.2. The Kier molecular flexibility index (Phi) is 5.97. The predicted octanol–water partition coefficient (Wildman–Crippen LogP) is 4.83. The predicted molar refractivity (Wildman–Crippen MR) is 114 cm³/mol. The van der Waals surface area contributed by atoms with Crippen LogP contribution in [-0.4, -0.2) is 29.1 Å². The number of rotatable bonds is 6. The van der Waals surface area contributed by atoms with Gasteiger partial charge in [0.05, 0.1) is 5.02 Å². The van der Waals surface area contributed by atoms with Crippen molar-refractivity contribution in [2.24, 2.45) is 0 Å². The summed E-state index contributed by atoms with van der Waals surface area (Å²) < 4.78 is 5.28. The molecule has 0 spiro atoms. The lowest BCUT2D eigenvalue weighted by atomic mass is 10.1. The van der Waals surface area contributed by atoms with Crippen molar-refractivity contribution in [2.45, 2.75) is 32.9 Å². The molecule has 0 aliphatic carbocycles. The van der Waals surface area contributed by atoms with E-state index in [0.717, 1.165) is 12.1 Å². The van der Waals surface area contributed by atoms with Crippen molar-refractivity contribution in [1.29, 1.82) is 0 Å². The molecule has 1 amide bonds. The molecule has 1 aliphatic rings. The molecular formula is C23H24ClN3O2. The molecule has 1 fully saturated rings. The van der Waals surface area contributed by atoms with Crippen LogP contribution in [-0.2, 0) is 13.1 Å². The lowest BCUT2D eigenvalue weighted by Crippen LogP contribution is -2.23. The van der Waals surface area contributed by atoms with Crippen molar-refractivity contribution in [3.05, 3.63) is 76.0 Å². The Morgan fingerprint density at radius 2 is 1.79 bits per heavy atom. The van der Waals surface area contributed by atoms with Crippen LogP contribution in [0.2, 0.25) is 5.02 Å². The molecule has 4 rings (SSSR count). The summed E-state index contributed by atoms with van der Waals surface area (Å²) in [4.78, 5) is 15.3. The maximum absolute atomic E-state index is 12.8. The van der Waals surface area contributed by atoms with Gasteiger partial charge in [-0.3, -0.25) is 9.69 Å². The second kappa shape index (κ2) is 8.80. The highest BCUT2D eigenvalue weighted by Crippen LogP contribution is 2.30. The Bertz CT molecular complexity index is 992. The van der Waals surface area contributed by atoms with E-state index in [0.29, 0.717) is 34.1 Å². The van der Waals surface area contributed by atoms with E-state index in [2.05, 4.69) is 39.6 Å². The summed E-state index contributed by atoms with van der Waals surface area (Å²) in [5.74, 6) is 0.248. The van der Waals surface area contributed by atoms with Crippen molar-refractivity contribution < 1.29 is 9.32 Å². The first-order valence-electron chi connectivity index (χ1n) is 9.91. The number of aryl methyl sites for hydroxylation is 1. The summed E-state index contributed by atoms with van der Waals surface area (Å²) in [6.45, 7) is 5.53. The number of carbonyl (C=O) groups is 1. The standard InChI is InChI=1S/C23H24ClN3O2/c1-16-21(22(26-29-16)19-6-2-3-7-20(19)24)23(28)25-14-17-8-10-18(11-9-17)15-27-12-4-5-13-27/h2-3,6-11H,4-5,12-15H2,1H3,(H,25,28). The smallest absolute Gasteiger partial charge is 0.257 e. The van der Waals surface area contributed by atoms with Crippen LogP contribution in [0.1, 0.15) is 40.1 Å². The fourth-order valence-corrected chi connectivity index (χ4v) is 3.93. The average Bonchev–Trinajstić information content (AvgIpc) is 3.37. The Balaban J connectivity index is 1.43. The molecule has 6 heteroatoms. The Hall–Kier alpha value is -2.63. The minimum atomic E-state index is -0.222. The number of hydrogen-bond donors (Lipinski definition) is 1. The number of carbonyl (C=O) groups excluding carboxylic acids is 1. The Labute approximate surface area is 175 Å². The summed E-state index contributed by atoms with van der Waals surface area (Å²) in [6, 6.07) is 15.7. The molecule has 5 nitrogen and oxygen atoms in total. The second-order valence-corrected chi connectivity index (χ2v) is 7.83. The molecule has 3 aromatic rings. The first-order valence-corrected chi connectivity index (χ1v) is 10.3. The molecule has 1 aliphatic heterocycles. The first-order chi connectivity index (χ1) is 14.1. The van der Waals surface area contributed by atoms with Crippen molar-refractivity contribution in [3.63, 3.8) is 0 Å². The molecule has 2 aromatic carbocycles. The molecule has 0 bridgehead atoms. The van der Waals surface area contributed by atoms with Gasteiger partial charge in [-0.2, -0.15) is 0 Å². The highest BCUT2D eigenvalue weighted by molar-refractivity contribution is 6.33. The zero-order valence-electron chi connectivity index (χ0n) is 16.5. The van der Waals surface area contributed by atoms with Gasteiger partial charge in [0, 0.05) is 18.7 Å². The molecule has 2 heterocycles. The summed E-state index contributed by atoms with van der Waals surface area (Å²) in [6.07, 6.45) is 2.59. The van der Waals surface area contributed by atoms with E-state index >= 15 is 0 Å². The molecule has 0 radical (unpaired) electrons. The van der Waals surface area contributed by atoms with Crippen molar-refractivity contribution in [2.75, 3.05) is 13.1 Å². The van der Waals surface area contributed by atoms with Gasteiger partial charge in [-0.25, -0.2) is 0 Å². The van der Waals surface area contributed by atoms with Gasteiger partial charge in [-0.15, -0.1) is 0 Å². The van der Waals surface area contributed by atoms with Gasteiger partial charge in [0.2, 0.25) is 0 Å². The Morgan fingerprint density at radius 1 is 1.10 bits per heavy atom. The number of likely N-dealkylation sites (tertiary alicyclic amines) is 1. The van der Waals surface area contributed by atoms with E-state index in [4.69, 9.17) is 16.1 Å². The molecule has 0 saturated carbocycles. The average molecular weight is 410 g/mol. The minimum Gasteiger partial charge on any atom is -0.360 e. The number of benzene rings is 2. The first kappa shape index (κ1) is 19.7. The minimum absolute atomic E-state index is 0.222. The normalized spacial score (nSPS) is 14.3. The molecule has 1 saturated heterocycles. The van der Waals surface area contributed by atoms with Crippen LogP contribution in [0.4, 0.5) is 0 Å². The van der Waals surface area contributed by atoms with E-state index in [9.17, 15) is 4.79 Å². The Morgan fingerprint density at radius 3 is 2.52 bits per heavy atom. The van der Waals surface area contributed by atoms with Crippen LogP contribution in [0.5, 0.6) is 0 Å². The van der Waals surface area contributed by atoms with Crippen LogP contribution in [0, 0.1) is 6.92 Å². The number of nitrogens with zero attached hydrogens (tertiary/aromatic N) is 2. The van der Waals surface area contributed by atoms with E-state index < -0.39 is 0 Å². The summed E-state index contributed by atoms with van der Waals surface area (Å²) in [5, 5.41) is 7.56. The lowest BCUT2D eigenvalue weighted by Gasteiger charge is -2.14. The van der Waals surface area contributed by atoms with Gasteiger partial charge in [-0.05, 0) is 50.0 Å². The van der Waals surface area contributed by atoms with E-state index in [1.54, 1.807) is 13.0 Å². The number of aromatic nitrogens is 1. The van der Waals surface area contributed by atoms with Gasteiger partial charge >= 0.3 is 0 Å². The molecule has 1 aromatic heterocycles. The third-order valence-electron chi connectivity index (χ3n) is 5.30. The zero-order valence-corrected chi connectivity index (χ0v) is 17.2. The van der Waals surface area contributed by atoms with Crippen LogP contribution >= 0.6 is 11.6 Å². The summed E-state index contributed by atoms with van der Waals surface area (Å²) in [7, 11) is 0. The monoisotopic (exact) mass is 409 g/mol. The fraction of sp³-hybridized carbons (Fsp3) is 0.304. The topological polar surface area (TPSA) is 58.4 Å². The van der Waals surface area contributed by atoms with E-state index in [1.165, 1.54) is 31.5 Å². The number of hydrogen-bond acceptors (Lipinski definition) is 4. The lowest BCUT2D eigenvalue weighted by molar-refractivity contribution is 0.0950. The number of halogens is 1. The van der Waals surface area contributed by atoms with Crippen LogP contribution in [0.3, 0.4) is 0 Å². The highest BCUT2D eigenvalue weighted by Gasteiger charge is 2.22. The molecule has 0 atom stereocenters. The molecule has 1 N–H and O–H groups in total. The number of amides is 1. The fourth-order valence-electron chi connectivity index (χ4n) is 3.71. The van der Waals surface area contributed by atoms with E-state index in [1.807, 2.05) is 18.2 Å². The maximum Gasteiger partial charge on any atom is 0.257 e. The molecule has 0 unspecified atom stereocenters. The molecule has 29 heavy (non-hydrogen) atoms. The van der Waals surface area contributed by atoms with Crippen LogP contribution < -0.4 is 5.32 Å². The molecular weight excluding hydrogens is 386 g/mol. The summed E-state index contributed by atoms with van der Waals surface area (Å²) >= 11 is 6.28. The van der Waals surface area contributed by atoms with Crippen LogP contribution in [0.15, 0.2) is 53.1 Å². The SMILES string of the molecule is Cc1onc(-c2ccccc2Cl)c1C(=O)NCc1ccc(CN2CCCC2)cc1. The third-order valence-corrected chi connectivity index (χ3v) is 5.63. The molecule has 150 valence electrons.